The molecule has 0 saturated heterocycles. The van der Waals surface area contributed by atoms with E-state index in [4.69, 9.17) is 15.8 Å². The number of hydrogen-bond acceptors (Lipinski definition) is 3. The van der Waals surface area contributed by atoms with E-state index in [2.05, 4.69) is 0 Å². The van der Waals surface area contributed by atoms with Crippen molar-refractivity contribution in [3.8, 4) is 0 Å². The van der Waals surface area contributed by atoms with Crippen LogP contribution in [0, 0.1) is 0 Å². The standard InChI is InChI=1S/C3H8BNO3/c5-4(8)2-1-3(6)7/h8H,1-2,5H2,(H,6,7). The van der Waals surface area contributed by atoms with Crippen LogP contribution in [0.1, 0.15) is 6.42 Å². The van der Waals surface area contributed by atoms with Crippen molar-refractivity contribution in [1.82, 2.24) is 0 Å². The zero-order valence-corrected chi connectivity index (χ0v) is 4.37. The molecule has 0 unspecified atom stereocenters. The van der Waals surface area contributed by atoms with Crippen LogP contribution in [-0.2, 0) is 4.79 Å². The highest BCUT2D eigenvalue weighted by molar-refractivity contribution is 6.46. The van der Waals surface area contributed by atoms with E-state index in [0.29, 0.717) is 0 Å². The molecule has 4 N–H and O–H groups in total. The minimum absolute atomic E-state index is 0.0718. The first kappa shape index (κ1) is 7.45. The molecule has 0 aromatic rings. The van der Waals surface area contributed by atoms with Gasteiger partial charge in [0.25, 0.3) is 0 Å². The van der Waals surface area contributed by atoms with Crippen LogP contribution in [-0.4, -0.2) is 23.2 Å². The normalized spacial score (nSPS) is 8.75. The summed E-state index contributed by atoms with van der Waals surface area (Å²) in [4.78, 5) is 9.74. The Morgan fingerprint density at radius 3 is 2.38 bits per heavy atom. The van der Waals surface area contributed by atoms with E-state index < -0.39 is 13.0 Å². The SMILES string of the molecule is NB(O)CCC(=O)O. The zero-order chi connectivity index (χ0) is 6.57. The second-order valence-corrected chi connectivity index (χ2v) is 1.50. The quantitative estimate of drug-likeness (QED) is 0.409. The van der Waals surface area contributed by atoms with Crippen molar-refractivity contribution >= 4 is 13.0 Å². The van der Waals surface area contributed by atoms with Crippen molar-refractivity contribution in [2.24, 2.45) is 5.64 Å². The second kappa shape index (κ2) is 3.46. The molecule has 0 aromatic heterocycles. The molecular weight excluding hydrogens is 109 g/mol. The van der Waals surface area contributed by atoms with Gasteiger partial charge in [-0.1, -0.05) is 0 Å². The van der Waals surface area contributed by atoms with Gasteiger partial charge in [-0.15, -0.1) is 0 Å². The summed E-state index contributed by atoms with van der Waals surface area (Å²) in [6, 6.07) is 0. The Balaban J connectivity index is 3.05. The Kier molecular flexibility index (Phi) is 3.22. The number of hydrogen-bond donors (Lipinski definition) is 3. The molecule has 0 rings (SSSR count). The summed E-state index contributed by atoms with van der Waals surface area (Å²) >= 11 is 0. The summed E-state index contributed by atoms with van der Waals surface area (Å²) in [5.74, 6) is -0.936. The van der Waals surface area contributed by atoms with Crippen molar-refractivity contribution in [3.63, 3.8) is 0 Å². The molecule has 0 radical (unpaired) electrons. The van der Waals surface area contributed by atoms with Crippen molar-refractivity contribution in [2.45, 2.75) is 12.7 Å². The molecule has 0 saturated carbocycles. The van der Waals surface area contributed by atoms with Gasteiger partial charge < -0.3 is 15.8 Å². The Morgan fingerprint density at radius 2 is 2.25 bits per heavy atom. The van der Waals surface area contributed by atoms with Gasteiger partial charge >= 0.3 is 13.0 Å². The Hall–Kier alpha value is -0.545. The molecule has 0 fully saturated rings. The third kappa shape index (κ3) is 5.45. The summed E-state index contributed by atoms with van der Waals surface area (Å²) < 4.78 is 0. The van der Waals surface area contributed by atoms with Gasteiger partial charge in [-0.2, -0.15) is 0 Å². The fourth-order valence-corrected chi connectivity index (χ4v) is 0.271. The van der Waals surface area contributed by atoms with E-state index in [9.17, 15) is 4.79 Å². The first-order chi connectivity index (χ1) is 3.63. The van der Waals surface area contributed by atoms with Crippen LogP contribution >= 0.6 is 0 Å². The maximum absolute atomic E-state index is 9.74. The molecule has 0 amide bonds. The first-order valence-electron chi connectivity index (χ1n) is 2.28. The molecule has 0 aliphatic rings. The average Bonchev–Trinajstić information content (AvgIpc) is 1.61. The first-order valence-corrected chi connectivity index (χ1v) is 2.28. The lowest BCUT2D eigenvalue weighted by Gasteiger charge is -1.92. The molecule has 46 valence electrons. The van der Waals surface area contributed by atoms with E-state index in [1.807, 2.05) is 0 Å². The van der Waals surface area contributed by atoms with Gasteiger partial charge in [-0.05, 0) is 6.32 Å². The fourth-order valence-electron chi connectivity index (χ4n) is 0.271. The van der Waals surface area contributed by atoms with E-state index >= 15 is 0 Å². The third-order valence-electron chi connectivity index (χ3n) is 0.654. The average molecular weight is 117 g/mol. The van der Waals surface area contributed by atoms with Crippen LogP contribution in [0.3, 0.4) is 0 Å². The predicted molar refractivity (Wildman–Crippen MR) is 29.2 cm³/mol. The molecule has 0 aliphatic heterocycles. The number of carboxylic acid groups (broad SMARTS) is 1. The van der Waals surface area contributed by atoms with Gasteiger partial charge in [0.15, 0.2) is 0 Å². The van der Waals surface area contributed by atoms with E-state index in [1.165, 1.54) is 0 Å². The largest absolute Gasteiger partial charge is 0.481 e. The summed E-state index contributed by atoms with van der Waals surface area (Å²) in [7, 11) is -0.994. The maximum Gasteiger partial charge on any atom is 0.374 e. The van der Waals surface area contributed by atoms with Crippen molar-refractivity contribution in [1.29, 1.82) is 0 Å². The highest BCUT2D eigenvalue weighted by Crippen LogP contribution is 1.88. The smallest absolute Gasteiger partial charge is 0.374 e. The molecule has 0 bridgehead atoms. The predicted octanol–water partition coefficient (Wildman–Crippen LogP) is -1.10. The summed E-state index contributed by atoms with van der Waals surface area (Å²) in [6.45, 7) is 0. The van der Waals surface area contributed by atoms with Gasteiger partial charge in [0.05, 0.1) is 0 Å². The highest BCUT2D eigenvalue weighted by Gasteiger charge is 2.05. The summed E-state index contributed by atoms with van der Waals surface area (Å²) in [6.07, 6.45) is 0.0486. The molecule has 0 atom stereocenters. The lowest BCUT2D eigenvalue weighted by Crippen LogP contribution is -2.25. The topological polar surface area (TPSA) is 83.5 Å². The number of carboxylic acids is 1. The molecule has 0 heterocycles. The van der Waals surface area contributed by atoms with Gasteiger partial charge in [0.2, 0.25) is 0 Å². The minimum Gasteiger partial charge on any atom is -0.481 e. The molecule has 0 spiro atoms. The van der Waals surface area contributed by atoms with Crippen LogP contribution in [0.4, 0.5) is 0 Å². The van der Waals surface area contributed by atoms with Crippen molar-refractivity contribution in [3.05, 3.63) is 0 Å². The van der Waals surface area contributed by atoms with Crippen LogP contribution in [0.5, 0.6) is 0 Å². The minimum atomic E-state index is -0.994. The number of carbonyl (C=O) groups is 1. The molecule has 8 heavy (non-hydrogen) atoms. The van der Waals surface area contributed by atoms with Crippen molar-refractivity contribution < 1.29 is 14.9 Å². The number of rotatable bonds is 3. The van der Waals surface area contributed by atoms with Crippen LogP contribution in [0.15, 0.2) is 0 Å². The third-order valence-corrected chi connectivity index (χ3v) is 0.654. The molecule has 4 nitrogen and oxygen atoms in total. The number of nitrogens with two attached hydrogens (primary N) is 1. The molecule has 0 aromatic carbocycles. The Morgan fingerprint density at radius 1 is 1.75 bits per heavy atom. The number of aliphatic carboxylic acids is 1. The van der Waals surface area contributed by atoms with Gasteiger partial charge in [-0.25, -0.2) is 0 Å². The molecule has 5 heteroatoms. The van der Waals surface area contributed by atoms with Crippen LogP contribution in [0.25, 0.3) is 0 Å². The maximum atomic E-state index is 9.74. The lowest BCUT2D eigenvalue weighted by molar-refractivity contribution is -0.136. The van der Waals surface area contributed by atoms with E-state index in [1.54, 1.807) is 0 Å². The van der Waals surface area contributed by atoms with E-state index in [0.717, 1.165) is 0 Å². The molecular formula is C3H8BNO3. The van der Waals surface area contributed by atoms with Crippen molar-refractivity contribution in [2.75, 3.05) is 0 Å². The highest BCUT2D eigenvalue weighted by atomic mass is 16.4. The summed E-state index contributed by atoms with van der Waals surface area (Å²) in [5.41, 5.74) is 4.83. The van der Waals surface area contributed by atoms with Crippen LogP contribution < -0.4 is 5.64 Å². The van der Waals surface area contributed by atoms with Gasteiger partial charge in [0.1, 0.15) is 0 Å². The second-order valence-electron chi connectivity index (χ2n) is 1.50. The Labute approximate surface area is 47.4 Å². The van der Waals surface area contributed by atoms with E-state index in [-0.39, 0.29) is 12.7 Å². The van der Waals surface area contributed by atoms with Crippen LogP contribution in [0.2, 0.25) is 6.32 Å². The Bertz CT molecular complexity index is 84.6. The monoisotopic (exact) mass is 117 g/mol. The fraction of sp³-hybridized carbons (Fsp3) is 0.667. The lowest BCUT2D eigenvalue weighted by atomic mass is 9.80. The molecule has 0 aliphatic carbocycles. The van der Waals surface area contributed by atoms with Gasteiger partial charge in [-0.3, -0.25) is 4.79 Å². The zero-order valence-electron chi connectivity index (χ0n) is 4.37. The summed E-state index contributed by atoms with van der Waals surface area (Å²) in [5, 5.41) is 16.3. The van der Waals surface area contributed by atoms with Gasteiger partial charge in [0, 0.05) is 6.42 Å².